The van der Waals surface area contributed by atoms with Gasteiger partial charge in [0.15, 0.2) is 0 Å². The van der Waals surface area contributed by atoms with Gasteiger partial charge in [0.2, 0.25) is 0 Å². The predicted octanol–water partition coefficient (Wildman–Crippen LogP) is 7.04. The largest absolute Gasteiger partial charge is 0.489 e. The third-order valence-corrected chi connectivity index (χ3v) is 6.25. The van der Waals surface area contributed by atoms with Crippen molar-refractivity contribution >= 4 is 22.9 Å². The molecule has 1 amide bonds. The van der Waals surface area contributed by atoms with Crippen LogP contribution in [0.1, 0.15) is 15.2 Å². The Bertz CT molecular complexity index is 1330. The van der Waals surface area contributed by atoms with E-state index >= 15 is 0 Å². The molecule has 162 valence electrons. The van der Waals surface area contributed by atoms with Crippen LogP contribution in [0.5, 0.6) is 5.75 Å². The molecule has 0 fully saturated rings. The van der Waals surface area contributed by atoms with Crippen LogP contribution in [0.3, 0.4) is 0 Å². The van der Waals surface area contributed by atoms with Crippen molar-refractivity contribution < 1.29 is 9.53 Å². The van der Waals surface area contributed by atoms with E-state index in [0.29, 0.717) is 11.5 Å². The summed E-state index contributed by atoms with van der Waals surface area (Å²) in [5.74, 6) is 0.621. The normalized spacial score (nSPS) is 10.7. The summed E-state index contributed by atoms with van der Waals surface area (Å²) in [5.41, 5.74) is 4.83. The lowest BCUT2D eigenvalue weighted by Crippen LogP contribution is -2.13. The first kappa shape index (κ1) is 20.8. The van der Waals surface area contributed by atoms with E-state index in [9.17, 15) is 4.79 Å². The molecule has 0 unspecified atom stereocenters. The Kier molecular flexibility index (Phi) is 6.04. The summed E-state index contributed by atoms with van der Waals surface area (Å²) in [4.78, 5) is 13.9. The van der Waals surface area contributed by atoms with Crippen molar-refractivity contribution in [1.29, 1.82) is 0 Å². The van der Waals surface area contributed by atoms with Crippen LogP contribution in [0, 0.1) is 0 Å². The predicted molar refractivity (Wildman–Crippen MR) is 134 cm³/mol. The van der Waals surface area contributed by atoms with Crippen molar-refractivity contribution in [2.24, 2.45) is 0 Å². The molecule has 0 radical (unpaired) electrons. The topological polar surface area (TPSA) is 43.3 Å². The first-order valence-corrected chi connectivity index (χ1v) is 11.5. The van der Waals surface area contributed by atoms with Gasteiger partial charge in [-0.25, -0.2) is 0 Å². The highest BCUT2D eigenvalue weighted by Gasteiger charge is 2.20. The number of nitrogens with zero attached hydrogens (tertiary/aromatic N) is 1. The van der Waals surface area contributed by atoms with Crippen LogP contribution in [-0.4, -0.2) is 10.5 Å². The van der Waals surface area contributed by atoms with Crippen LogP contribution in [-0.2, 0) is 6.61 Å². The Labute approximate surface area is 196 Å². The van der Waals surface area contributed by atoms with E-state index in [-0.39, 0.29) is 5.91 Å². The van der Waals surface area contributed by atoms with Crippen LogP contribution >= 0.6 is 11.3 Å². The number of hydrogen-bond donors (Lipinski definition) is 1. The van der Waals surface area contributed by atoms with Crippen molar-refractivity contribution in [2.45, 2.75) is 6.61 Å². The molecule has 0 spiro atoms. The summed E-state index contributed by atoms with van der Waals surface area (Å²) in [6.45, 7) is 0.504. The van der Waals surface area contributed by atoms with Gasteiger partial charge in [-0.3, -0.25) is 4.79 Å². The van der Waals surface area contributed by atoms with E-state index in [1.807, 2.05) is 107 Å². The molecule has 2 aromatic heterocycles. The lowest BCUT2D eigenvalue weighted by Gasteiger charge is -2.11. The number of ether oxygens (including phenoxy) is 1. The van der Waals surface area contributed by atoms with Crippen LogP contribution in [0.15, 0.2) is 115 Å². The molecule has 0 aliphatic carbocycles. The molecule has 0 saturated heterocycles. The Balaban J connectivity index is 1.34. The number of rotatable bonds is 7. The van der Waals surface area contributed by atoms with Gasteiger partial charge >= 0.3 is 0 Å². The van der Waals surface area contributed by atoms with Crippen LogP contribution < -0.4 is 10.1 Å². The van der Waals surface area contributed by atoms with Crippen molar-refractivity contribution in [3.8, 4) is 22.6 Å². The Morgan fingerprint density at radius 2 is 1.48 bits per heavy atom. The number of anilines is 1. The van der Waals surface area contributed by atoms with E-state index in [1.165, 1.54) is 11.3 Å². The fraction of sp³-hybridized carbons (Fsp3) is 0.0357. The Morgan fingerprint density at radius 1 is 0.818 bits per heavy atom. The van der Waals surface area contributed by atoms with Crippen LogP contribution in [0.25, 0.3) is 16.8 Å². The minimum Gasteiger partial charge on any atom is -0.489 e. The van der Waals surface area contributed by atoms with Gasteiger partial charge in [-0.1, -0.05) is 60.7 Å². The smallest absolute Gasteiger partial charge is 0.267 e. The summed E-state index contributed by atoms with van der Waals surface area (Å²) in [6, 6.07) is 31.5. The molecule has 3 aromatic carbocycles. The zero-order valence-corrected chi connectivity index (χ0v) is 18.7. The number of nitrogens with one attached hydrogen (secondary N) is 1. The maximum absolute atomic E-state index is 13.2. The van der Waals surface area contributed by atoms with Crippen molar-refractivity contribution in [3.05, 3.63) is 125 Å². The van der Waals surface area contributed by atoms with Crippen LogP contribution in [0.4, 0.5) is 5.69 Å². The molecule has 0 atom stereocenters. The molecule has 0 saturated carbocycles. The van der Waals surface area contributed by atoms with E-state index in [4.69, 9.17) is 4.74 Å². The molecule has 0 bridgehead atoms. The second-order valence-electron chi connectivity index (χ2n) is 7.54. The van der Waals surface area contributed by atoms with Crippen LogP contribution in [0.2, 0.25) is 0 Å². The summed E-state index contributed by atoms with van der Waals surface area (Å²) >= 11 is 1.45. The summed E-state index contributed by atoms with van der Waals surface area (Å²) in [5, 5.41) is 5.07. The molecular weight excluding hydrogens is 428 g/mol. The fourth-order valence-corrected chi connectivity index (χ4v) is 4.61. The molecule has 2 heterocycles. The maximum Gasteiger partial charge on any atom is 0.267 e. The Morgan fingerprint density at radius 3 is 2.18 bits per heavy atom. The fourth-order valence-electron chi connectivity index (χ4n) is 3.64. The number of thiophene rings is 1. The average Bonchev–Trinajstić information content (AvgIpc) is 3.55. The van der Waals surface area contributed by atoms with Gasteiger partial charge < -0.3 is 14.6 Å². The second-order valence-corrected chi connectivity index (χ2v) is 8.42. The highest BCUT2D eigenvalue weighted by atomic mass is 32.1. The van der Waals surface area contributed by atoms with Gasteiger partial charge in [-0.05, 0) is 47.5 Å². The summed E-state index contributed by atoms with van der Waals surface area (Å²) in [6.07, 6.45) is 3.92. The molecular formula is C28H22N2O2S. The quantitative estimate of drug-likeness (QED) is 0.289. The third kappa shape index (κ3) is 4.73. The van der Waals surface area contributed by atoms with Gasteiger partial charge in [0.1, 0.15) is 17.2 Å². The SMILES string of the molecule is O=C(Nc1ccc(OCc2ccccc2)cc1)c1scc(-c2ccccc2)c1-n1cccc1. The number of benzene rings is 3. The van der Waals surface area contributed by atoms with E-state index in [0.717, 1.165) is 33.8 Å². The molecule has 33 heavy (non-hydrogen) atoms. The molecule has 4 nitrogen and oxygen atoms in total. The van der Waals surface area contributed by atoms with E-state index in [1.54, 1.807) is 0 Å². The standard InChI is InChI=1S/C28H22N2O2S/c31-28(29-23-13-15-24(16-14-23)32-19-21-9-3-1-4-10-21)27-26(30-17-7-8-18-30)25(20-33-27)22-11-5-2-6-12-22/h1-18,20H,19H2,(H,29,31). The van der Waals surface area contributed by atoms with Crippen molar-refractivity contribution in [3.63, 3.8) is 0 Å². The minimum atomic E-state index is -0.135. The lowest BCUT2D eigenvalue weighted by atomic mass is 10.1. The first-order chi connectivity index (χ1) is 16.3. The maximum atomic E-state index is 13.2. The number of hydrogen-bond acceptors (Lipinski definition) is 3. The van der Waals surface area contributed by atoms with Gasteiger partial charge in [0.05, 0.1) is 5.69 Å². The van der Waals surface area contributed by atoms with Crippen molar-refractivity contribution in [2.75, 3.05) is 5.32 Å². The Hall–Kier alpha value is -4.09. The number of aromatic nitrogens is 1. The highest BCUT2D eigenvalue weighted by Crippen LogP contribution is 2.35. The second kappa shape index (κ2) is 9.59. The average molecular weight is 451 g/mol. The summed E-state index contributed by atoms with van der Waals surface area (Å²) < 4.78 is 7.84. The highest BCUT2D eigenvalue weighted by molar-refractivity contribution is 7.13. The van der Waals surface area contributed by atoms with Crippen molar-refractivity contribution in [1.82, 2.24) is 4.57 Å². The first-order valence-electron chi connectivity index (χ1n) is 10.7. The van der Waals surface area contributed by atoms with Gasteiger partial charge in [-0.15, -0.1) is 11.3 Å². The number of carbonyl (C=O) groups excluding carboxylic acids is 1. The van der Waals surface area contributed by atoms with Gasteiger partial charge in [-0.2, -0.15) is 0 Å². The molecule has 5 rings (SSSR count). The van der Waals surface area contributed by atoms with E-state index < -0.39 is 0 Å². The van der Waals surface area contributed by atoms with Gasteiger partial charge in [0, 0.05) is 29.0 Å². The molecule has 0 aliphatic rings. The lowest BCUT2D eigenvalue weighted by molar-refractivity contribution is 0.103. The van der Waals surface area contributed by atoms with E-state index in [2.05, 4.69) is 17.4 Å². The zero-order chi connectivity index (χ0) is 22.5. The van der Waals surface area contributed by atoms with Gasteiger partial charge in [0.25, 0.3) is 5.91 Å². The summed E-state index contributed by atoms with van der Waals surface area (Å²) in [7, 11) is 0. The monoisotopic (exact) mass is 450 g/mol. The minimum absolute atomic E-state index is 0.135. The molecule has 5 heteroatoms. The third-order valence-electron chi connectivity index (χ3n) is 5.28. The molecule has 1 N–H and O–H groups in total. The number of carbonyl (C=O) groups is 1. The number of amides is 1. The zero-order valence-electron chi connectivity index (χ0n) is 17.8. The molecule has 5 aromatic rings. The molecule has 0 aliphatic heterocycles.